The number of fused-ring (bicyclic) bond motifs is 3. The van der Waals surface area contributed by atoms with Crippen LogP contribution >= 0.6 is 0 Å². The fourth-order valence-corrected chi connectivity index (χ4v) is 2.46. The van der Waals surface area contributed by atoms with Gasteiger partial charge in [-0.2, -0.15) is 0 Å². The predicted molar refractivity (Wildman–Crippen MR) is 88.4 cm³/mol. The second-order valence-corrected chi connectivity index (χ2v) is 4.90. The van der Waals surface area contributed by atoms with E-state index >= 15 is 0 Å². The van der Waals surface area contributed by atoms with Crippen molar-refractivity contribution in [3.63, 3.8) is 0 Å². The van der Waals surface area contributed by atoms with Gasteiger partial charge in [0.05, 0.1) is 5.69 Å². The fourth-order valence-electron chi connectivity index (χ4n) is 2.46. The van der Waals surface area contributed by atoms with Crippen LogP contribution < -0.4 is 11.1 Å². The van der Waals surface area contributed by atoms with Crippen LogP contribution in [0.1, 0.15) is 0 Å². The summed E-state index contributed by atoms with van der Waals surface area (Å²) in [6, 6.07) is 18.0. The zero-order chi connectivity index (χ0) is 15.5. The molecule has 0 unspecified atom stereocenters. The number of guanidine groups is 1. The van der Waals surface area contributed by atoms with Crippen molar-refractivity contribution >= 4 is 39.2 Å². The maximum Gasteiger partial charge on any atom is 0.322 e. The van der Waals surface area contributed by atoms with Crippen LogP contribution in [-0.2, 0) is 4.79 Å². The summed E-state index contributed by atoms with van der Waals surface area (Å²) in [5.41, 5.74) is 6.44. The summed E-state index contributed by atoms with van der Waals surface area (Å²) in [5, 5.41) is 15.6. The van der Waals surface area contributed by atoms with Crippen molar-refractivity contribution in [2.45, 2.75) is 0 Å². The van der Waals surface area contributed by atoms with Gasteiger partial charge in [0, 0.05) is 5.39 Å². The number of carboxylic acid groups (broad SMARTS) is 1. The lowest BCUT2D eigenvalue weighted by Gasteiger charge is -2.07. The molecule has 5 nitrogen and oxygen atoms in total. The monoisotopic (exact) mass is 293 g/mol. The number of nitrogens with zero attached hydrogens (tertiary/aromatic N) is 1. The summed E-state index contributed by atoms with van der Waals surface area (Å²) >= 11 is 0. The standard InChI is InChI=1S/C17H15N3O2/c18-17(19-10-16(21)22)20-15-7-3-6-13-12-5-2-1-4-11(12)8-9-14(13)15/h1-9H,10H2,(H,21,22)(H3,18,19,20). The van der Waals surface area contributed by atoms with Crippen LogP contribution in [-0.4, -0.2) is 23.6 Å². The molecule has 0 bridgehead atoms. The minimum absolute atomic E-state index is 0.0862. The highest BCUT2D eigenvalue weighted by Crippen LogP contribution is 2.31. The molecular formula is C17H15N3O2. The van der Waals surface area contributed by atoms with Crippen LogP contribution in [0.3, 0.4) is 0 Å². The molecule has 0 aromatic heterocycles. The molecule has 0 aliphatic carbocycles. The Morgan fingerprint density at radius 1 is 1.00 bits per heavy atom. The average molecular weight is 293 g/mol. The first-order valence-electron chi connectivity index (χ1n) is 6.85. The molecule has 0 amide bonds. The molecule has 110 valence electrons. The van der Waals surface area contributed by atoms with Gasteiger partial charge in [-0.25, -0.2) is 4.99 Å². The number of benzene rings is 3. The second kappa shape index (κ2) is 5.73. The maximum atomic E-state index is 10.5. The third kappa shape index (κ3) is 2.69. The van der Waals surface area contributed by atoms with Crippen molar-refractivity contribution in [1.82, 2.24) is 5.32 Å². The van der Waals surface area contributed by atoms with E-state index in [2.05, 4.69) is 22.4 Å². The van der Waals surface area contributed by atoms with E-state index in [1.807, 2.05) is 42.5 Å². The van der Waals surface area contributed by atoms with E-state index in [1.165, 1.54) is 0 Å². The molecule has 3 aromatic rings. The number of nitrogens with two attached hydrogens (primary N) is 1. The molecule has 0 aliphatic rings. The van der Waals surface area contributed by atoms with Crippen LogP contribution in [0.25, 0.3) is 21.5 Å². The van der Waals surface area contributed by atoms with Gasteiger partial charge in [0.1, 0.15) is 6.54 Å². The molecule has 0 fully saturated rings. The predicted octanol–water partition coefficient (Wildman–Crippen LogP) is 2.61. The Bertz CT molecular complexity index is 887. The second-order valence-electron chi connectivity index (χ2n) is 4.90. The van der Waals surface area contributed by atoms with Gasteiger partial charge in [0.15, 0.2) is 5.96 Å². The van der Waals surface area contributed by atoms with Crippen molar-refractivity contribution in [1.29, 1.82) is 0 Å². The molecule has 22 heavy (non-hydrogen) atoms. The smallest absolute Gasteiger partial charge is 0.322 e. The zero-order valence-corrected chi connectivity index (χ0v) is 11.8. The molecular weight excluding hydrogens is 278 g/mol. The summed E-state index contributed by atoms with van der Waals surface area (Å²) in [4.78, 5) is 14.8. The Kier molecular flexibility index (Phi) is 3.62. The number of aliphatic imine (C=N–C) groups is 1. The third-order valence-electron chi connectivity index (χ3n) is 3.43. The number of carbonyl (C=O) groups is 1. The third-order valence-corrected chi connectivity index (χ3v) is 3.43. The lowest BCUT2D eigenvalue weighted by Crippen LogP contribution is -2.35. The molecule has 0 spiro atoms. The van der Waals surface area contributed by atoms with Crippen LogP contribution in [0.15, 0.2) is 59.6 Å². The Labute approximate surface area is 127 Å². The van der Waals surface area contributed by atoms with Gasteiger partial charge in [-0.05, 0) is 22.2 Å². The van der Waals surface area contributed by atoms with Gasteiger partial charge in [0.25, 0.3) is 0 Å². The van der Waals surface area contributed by atoms with Crippen LogP contribution in [0.5, 0.6) is 0 Å². The molecule has 0 saturated carbocycles. The first-order chi connectivity index (χ1) is 10.6. The number of hydrogen-bond acceptors (Lipinski definition) is 2. The van der Waals surface area contributed by atoms with E-state index in [9.17, 15) is 4.79 Å². The Hall–Kier alpha value is -3.08. The molecule has 0 aliphatic heterocycles. The number of carboxylic acids is 1. The van der Waals surface area contributed by atoms with Gasteiger partial charge in [-0.1, -0.05) is 48.5 Å². The Morgan fingerprint density at radius 2 is 1.77 bits per heavy atom. The van der Waals surface area contributed by atoms with E-state index in [0.29, 0.717) is 5.69 Å². The Morgan fingerprint density at radius 3 is 2.59 bits per heavy atom. The quantitative estimate of drug-likeness (QED) is 0.393. The number of rotatable bonds is 3. The van der Waals surface area contributed by atoms with E-state index in [-0.39, 0.29) is 12.5 Å². The minimum Gasteiger partial charge on any atom is -0.480 e. The van der Waals surface area contributed by atoms with E-state index < -0.39 is 5.97 Å². The van der Waals surface area contributed by atoms with Gasteiger partial charge >= 0.3 is 5.97 Å². The van der Waals surface area contributed by atoms with Gasteiger partial charge < -0.3 is 16.2 Å². The molecule has 3 aromatic carbocycles. The SMILES string of the molecule is NC(=Nc1cccc2c1ccc1ccccc12)NCC(=O)O. The molecule has 0 heterocycles. The van der Waals surface area contributed by atoms with Gasteiger partial charge in [0.2, 0.25) is 0 Å². The van der Waals surface area contributed by atoms with Gasteiger partial charge in [-0.3, -0.25) is 4.79 Å². The van der Waals surface area contributed by atoms with Crippen LogP contribution in [0, 0.1) is 0 Å². The van der Waals surface area contributed by atoms with Crippen molar-refractivity contribution in [3.05, 3.63) is 54.6 Å². The summed E-state index contributed by atoms with van der Waals surface area (Å²) < 4.78 is 0. The van der Waals surface area contributed by atoms with Crippen molar-refractivity contribution in [2.24, 2.45) is 10.7 Å². The molecule has 0 radical (unpaired) electrons. The highest BCUT2D eigenvalue weighted by molar-refractivity contribution is 6.11. The highest BCUT2D eigenvalue weighted by Gasteiger charge is 2.05. The van der Waals surface area contributed by atoms with E-state index in [0.717, 1.165) is 21.5 Å². The minimum atomic E-state index is -0.984. The average Bonchev–Trinajstić information content (AvgIpc) is 2.53. The molecule has 0 saturated heterocycles. The van der Waals surface area contributed by atoms with E-state index in [1.54, 1.807) is 0 Å². The summed E-state index contributed by atoms with van der Waals surface area (Å²) in [6.45, 7) is -0.261. The lowest BCUT2D eigenvalue weighted by molar-refractivity contribution is -0.135. The number of hydrogen-bond donors (Lipinski definition) is 3. The maximum absolute atomic E-state index is 10.5. The van der Waals surface area contributed by atoms with Crippen molar-refractivity contribution in [3.8, 4) is 0 Å². The number of nitrogens with one attached hydrogen (secondary N) is 1. The summed E-state index contributed by atoms with van der Waals surface area (Å²) in [5.74, 6) is -0.898. The molecule has 3 rings (SSSR count). The first kappa shape index (κ1) is 13.9. The van der Waals surface area contributed by atoms with Crippen molar-refractivity contribution in [2.75, 3.05) is 6.54 Å². The molecule has 4 N–H and O–H groups in total. The van der Waals surface area contributed by atoms with Crippen LogP contribution in [0.4, 0.5) is 5.69 Å². The lowest BCUT2D eigenvalue weighted by atomic mass is 10.0. The fraction of sp³-hybridized carbons (Fsp3) is 0.0588. The zero-order valence-electron chi connectivity index (χ0n) is 11.8. The normalized spacial score (nSPS) is 11.7. The summed E-state index contributed by atoms with van der Waals surface area (Å²) in [6.07, 6.45) is 0. The molecule has 0 atom stereocenters. The topological polar surface area (TPSA) is 87.7 Å². The summed E-state index contributed by atoms with van der Waals surface area (Å²) in [7, 11) is 0. The van der Waals surface area contributed by atoms with Crippen LogP contribution in [0.2, 0.25) is 0 Å². The van der Waals surface area contributed by atoms with Gasteiger partial charge in [-0.15, -0.1) is 0 Å². The highest BCUT2D eigenvalue weighted by atomic mass is 16.4. The van der Waals surface area contributed by atoms with E-state index in [4.69, 9.17) is 10.8 Å². The largest absolute Gasteiger partial charge is 0.480 e. The van der Waals surface area contributed by atoms with Crippen molar-refractivity contribution < 1.29 is 9.90 Å². The Balaban J connectivity index is 2.09. The molecule has 5 heteroatoms. The number of aliphatic carboxylic acids is 1. The first-order valence-corrected chi connectivity index (χ1v) is 6.85.